The number of carbonyl (C=O) groups is 2. The third-order valence-electron chi connectivity index (χ3n) is 7.40. The van der Waals surface area contributed by atoms with Crippen LogP contribution in [0.15, 0.2) is 48.8 Å². The highest BCUT2D eigenvalue weighted by Crippen LogP contribution is 2.34. The molecule has 1 saturated heterocycles. The van der Waals surface area contributed by atoms with Crippen LogP contribution in [0, 0.1) is 0 Å². The normalized spacial score (nSPS) is 16.8. The van der Waals surface area contributed by atoms with Gasteiger partial charge in [-0.3, -0.25) is 9.59 Å². The maximum atomic E-state index is 13.5. The van der Waals surface area contributed by atoms with Gasteiger partial charge in [0.25, 0.3) is 5.91 Å². The summed E-state index contributed by atoms with van der Waals surface area (Å²) in [6.07, 6.45) is 4.97. The van der Waals surface area contributed by atoms with Gasteiger partial charge in [-0.15, -0.1) is 0 Å². The minimum absolute atomic E-state index is 0.239. The van der Waals surface area contributed by atoms with Gasteiger partial charge >= 0.3 is 0 Å². The van der Waals surface area contributed by atoms with Crippen molar-refractivity contribution in [2.24, 2.45) is 0 Å². The van der Waals surface area contributed by atoms with Gasteiger partial charge in [0.2, 0.25) is 11.8 Å². The number of aliphatic hydroxyl groups is 1. The molecule has 2 aromatic heterocycles. The van der Waals surface area contributed by atoms with E-state index in [9.17, 15) is 14.7 Å². The standard InChI is InChI=1S/C29H32ClN5O5/c1-17(28(37)34-25(16-36)19-5-8-31-27(12-19)39-2)35-15-20-4-3-18(11-23(20)29(35)38)22-13-26(32-14-24(22)30)33-21-6-9-40-10-7-21/h3-5,8,11-14,17,21,25,36H,6-7,9-10,15-16H2,1-2H3,(H,32,33)(H,34,37)/t17-,25-/m1/s1. The fraction of sp³-hybridized carbons (Fsp3) is 0.379. The predicted molar refractivity (Wildman–Crippen MR) is 150 cm³/mol. The zero-order valence-electron chi connectivity index (χ0n) is 22.4. The zero-order chi connectivity index (χ0) is 28.2. The first-order chi connectivity index (χ1) is 19.4. The van der Waals surface area contributed by atoms with Gasteiger partial charge in [-0.25, -0.2) is 9.97 Å². The highest BCUT2D eigenvalue weighted by atomic mass is 35.5. The molecule has 1 aromatic carbocycles. The number of rotatable bonds is 9. The highest BCUT2D eigenvalue weighted by Gasteiger charge is 2.35. The van der Waals surface area contributed by atoms with Crippen LogP contribution in [-0.2, 0) is 16.1 Å². The number of methoxy groups -OCH3 is 1. The second-order valence-electron chi connectivity index (χ2n) is 9.94. The van der Waals surface area contributed by atoms with Crippen LogP contribution in [0.2, 0.25) is 5.02 Å². The number of ether oxygens (including phenoxy) is 2. The molecule has 3 aromatic rings. The first-order valence-electron chi connectivity index (χ1n) is 13.2. The number of nitrogens with one attached hydrogen (secondary N) is 2. The molecule has 0 aliphatic carbocycles. The van der Waals surface area contributed by atoms with E-state index in [1.54, 1.807) is 31.5 Å². The minimum atomic E-state index is -0.763. The Hall–Kier alpha value is -3.73. The summed E-state index contributed by atoms with van der Waals surface area (Å²) in [5, 5.41) is 16.7. The summed E-state index contributed by atoms with van der Waals surface area (Å²) in [6.45, 7) is 3.10. The number of aromatic nitrogens is 2. The maximum Gasteiger partial charge on any atom is 0.255 e. The molecular formula is C29H32ClN5O5. The van der Waals surface area contributed by atoms with E-state index in [0.717, 1.165) is 48.6 Å². The number of fused-ring (bicyclic) bond motifs is 1. The average Bonchev–Trinajstić information content (AvgIpc) is 3.32. The molecule has 10 nitrogen and oxygen atoms in total. The van der Waals surface area contributed by atoms with Crippen molar-refractivity contribution in [1.29, 1.82) is 0 Å². The number of anilines is 1. The van der Waals surface area contributed by atoms with Crippen molar-refractivity contribution in [1.82, 2.24) is 20.2 Å². The van der Waals surface area contributed by atoms with Crippen molar-refractivity contribution in [3.8, 4) is 17.0 Å². The van der Waals surface area contributed by atoms with Gasteiger partial charge in [0.1, 0.15) is 11.9 Å². The largest absolute Gasteiger partial charge is 0.481 e. The number of nitrogens with zero attached hydrogens (tertiary/aromatic N) is 3. The van der Waals surface area contributed by atoms with E-state index in [0.29, 0.717) is 28.6 Å². The lowest BCUT2D eigenvalue weighted by molar-refractivity contribution is -0.126. The molecule has 5 rings (SSSR count). The number of carbonyl (C=O) groups excluding carboxylic acids is 2. The Bertz CT molecular complexity index is 1400. The number of aliphatic hydroxyl groups excluding tert-OH is 1. The van der Waals surface area contributed by atoms with Gasteiger partial charge in [0.05, 0.1) is 24.8 Å². The minimum Gasteiger partial charge on any atom is -0.481 e. The fourth-order valence-corrected chi connectivity index (χ4v) is 5.23. The zero-order valence-corrected chi connectivity index (χ0v) is 23.1. The second-order valence-corrected chi connectivity index (χ2v) is 10.3. The Morgan fingerprint density at radius 2 is 2.00 bits per heavy atom. The summed E-state index contributed by atoms with van der Waals surface area (Å²) >= 11 is 6.52. The molecule has 2 aliphatic rings. The Labute approximate surface area is 237 Å². The SMILES string of the molecule is COc1cc([C@@H](CO)NC(=O)[C@@H](C)N2Cc3ccc(-c4cc(NC5CCOCC5)ncc4Cl)cc3C2=O)ccn1. The van der Waals surface area contributed by atoms with Crippen LogP contribution >= 0.6 is 11.6 Å². The number of halogens is 1. The molecule has 1 fully saturated rings. The first-order valence-corrected chi connectivity index (χ1v) is 13.6. The van der Waals surface area contributed by atoms with Crippen LogP contribution in [0.3, 0.4) is 0 Å². The molecule has 11 heteroatoms. The lowest BCUT2D eigenvalue weighted by atomic mass is 10.0. The number of amides is 2. The summed E-state index contributed by atoms with van der Waals surface area (Å²) in [5.74, 6) is 0.476. The van der Waals surface area contributed by atoms with E-state index in [-0.39, 0.29) is 24.5 Å². The third kappa shape index (κ3) is 5.89. The molecular weight excluding hydrogens is 534 g/mol. The van der Waals surface area contributed by atoms with Gasteiger partial charge in [0, 0.05) is 55.4 Å². The molecule has 3 N–H and O–H groups in total. The summed E-state index contributed by atoms with van der Waals surface area (Å²) in [6, 6.07) is 9.74. The van der Waals surface area contributed by atoms with Crippen LogP contribution in [0.25, 0.3) is 11.1 Å². The van der Waals surface area contributed by atoms with Crippen LogP contribution in [-0.4, -0.2) is 70.8 Å². The van der Waals surface area contributed by atoms with Crippen LogP contribution in [0.5, 0.6) is 5.88 Å². The highest BCUT2D eigenvalue weighted by molar-refractivity contribution is 6.33. The molecule has 0 radical (unpaired) electrons. The van der Waals surface area contributed by atoms with Crippen molar-refractivity contribution in [3.05, 3.63) is 70.5 Å². The van der Waals surface area contributed by atoms with E-state index >= 15 is 0 Å². The van der Waals surface area contributed by atoms with Crippen LogP contribution in [0.4, 0.5) is 5.82 Å². The molecule has 0 unspecified atom stereocenters. The van der Waals surface area contributed by atoms with Gasteiger partial charge in [-0.2, -0.15) is 0 Å². The lowest BCUT2D eigenvalue weighted by Crippen LogP contribution is -2.46. The van der Waals surface area contributed by atoms with Crippen molar-refractivity contribution >= 4 is 29.2 Å². The fourth-order valence-electron chi connectivity index (χ4n) is 5.02. The molecule has 210 valence electrons. The van der Waals surface area contributed by atoms with Crippen LogP contribution in [0.1, 0.15) is 47.3 Å². The number of hydrogen-bond donors (Lipinski definition) is 3. The number of benzene rings is 1. The summed E-state index contributed by atoms with van der Waals surface area (Å²) < 4.78 is 10.6. The van der Waals surface area contributed by atoms with E-state index in [1.807, 2.05) is 24.3 Å². The van der Waals surface area contributed by atoms with E-state index in [1.165, 1.54) is 12.0 Å². The molecule has 2 atom stereocenters. The molecule has 0 spiro atoms. The van der Waals surface area contributed by atoms with Crippen molar-refractivity contribution in [3.63, 3.8) is 0 Å². The summed E-state index contributed by atoms with van der Waals surface area (Å²) in [5.41, 5.74) is 3.57. The predicted octanol–water partition coefficient (Wildman–Crippen LogP) is 3.59. The van der Waals surface area contributed by atoms with Crippen LogP contribution < -0.4 is 15.4 Å². The van der Waals surface area contributed by atoms with E-state index in [4.69, 9.17) is 21.1 Å². The van der Waals surface area contributed by atoms with Gasteiger partial charge in [-0.1, -0.05) is 23.7 Å². The Morgan fingerprint density at radius 3 is 2.75 bits per heavy atom. The molecule has 2 aliphatic heterocycles. The Morgan fingerprint density at radius 1 is 1.20 bits per heavy atom. The Kier molecular flexibility index (Phi) is 8.49. The maximum absolute atomic E-state index is 13.5. The molecule has 0 bridgehead atoms. The van der Waals surface area contributed by atoms with E-state index in [2.05, 4.69) is 20.6 Å². The van der Waals surface area contributed by atoms with Crippen molar-refractivity contribution in [2.45, 2.75) is 44.4 Å². The Balaban J connectivity index is 1.30. The number of hydrogen-bond acceptors (Lipinski definition) is 8. The quantitative estimate of drug-likeness (QED) is 0.359. The number of pyridine rings is 2. The monoisotopic (exact) mass is 565 g/mol. The lowest BCUT2D eigenvalue weighted by Gasteiger charge is -2.26. The van der Waals surface area contributed by atoms with Gasteiger partial charge < -0.3 is 30.1 Å². The first kappa shape index (κ1) is 27.8. The van der Waals surface area contributed by atoms with Gasteiger partial charge in [-0.05, 0) is 54.7 Å². The smallest absolute Gasteiger partial charge is 0.255 e. The second kappa shape index (κ2) is 12.2. The van der Waals surface area contributed by atoms with E-state index < -0.39 is 12.1 Å². The van der Waals surface area contributed by atoms with Gasteiger partial charge in [0.15, 0.2) is 0 Å². The topological polar surface area (TPSA) is 126 Å². The molecule has 40 heavy (non-hydrogen) atoms. The third-order valence-corrected chi connectivity index (χ3v) is 7.70. The molecule has 2 amide bonds. The van der Waals surface area contributed by atoms with Crippen molar-refractivity contribution in [2.75, 3.05) is 32.2 Å². The summed E-state index contributed by atoms with van der Waals surface area (Å²) in [4.78, 5) is 36.6. The summed E-state index contributed by atoms with van der Waals surface area (Å²) in [7, 11) is 1.49. The molecule has 4 heterocycles. The average molecular weight is 566 g/mol. The van der Waals surface area contributed by atoms with Crippen molar-refractivity contribution < 1.29 is 24.2 Å². The molecule has 0 saturated carbocycles.